The highest BCUT2D eigenvalue weighted by Gasteiger charge is 2.27. The maximum Gasteiger partial charge on any atom is 0.338 e. The molecule has 0 bridgehead atoms. The molecule has 0 saturated heterocycles. The van der Waals surface area contributed by atoms with E-state index in [2.05, 4.69) is 10.3 Å². The number of ether oxygens (including phenoxy) is 2. The van der Waals surface area contributed by atoms with Crippen LogP contribution in [0.25, 0.3) is 11.0 Å². The molecular formula is C21H27N3O6. The smallest absolute Gasteiger partial charge is 0.338 e. The van der Waals surface area contributed by atoms with Crippen molar-refractivity contribution >= 4 is 28.9 Å². The van der Waals surface area contributed by atoms with Crippen molar-refractivity contribution in [2.24, 2.45) is 5.92 Å². The molecule has 2 aromatic rings. The first-order valence-electron chi connectivity index (χ1n) is 9.78. The number of hydrogen-bond acceptors (Lipinski definition) is 7. The fourth-order valence-electron chi connectivity index (χ4n) is 3.04. The maximum absolute atomic E-state index is 12.4. The van der Waals surface area contributed by atoms with Crippen LogP contribution >= 0.6 is 0 Å². The van der Waals surface area contributed by atoms with Crippen molar-refractivity contribution in [2.75, 3.05) is 13.7 Å². The molecule has 2 atom stereocenters. The lowest BCUT2D eigenvalue weighted by Gasteiger charge is -2.21. The first kappa shape index (κ1) is 23.1. The van der Waals surface area contributed by atoms with Gasteiger partial charge in [-0.2, -0.15) is 0 Å². The summed E-state index contributed by atoms with van der Waals surface area (Å²) in [7, 11) is 1.25. The Balaban J connectivity index is 2.11. The van der Waals surface area contributed by atoms with Gasteiger partial charge < -0.3 is 19.4 Å². The number of carbonyl (C=O) groups is 3. The number of hydrogen-bond donors (Lipinski definition) is 1. The van der Waals surface area contributed by atoms with Crippen molar-refractivity contribution in [2.45, 2.75) is 46.7 Å². The predicted molar refractivity (Wildman–Crippen MR) is 110 cm³/mol. The summed E-state index contributed by atoms with van der Waals surface area (Å²) in [5, 5.41) is 2.54. The third-order valence-corrected chi connectivity index (χ3v) is 4.98. The molecule has 0 aliphatic rings. The fourth-order valence-corrected chi connectivity index (χ4v) is 3.04. The van der Waals surface area contributed by atoms with E-state index in [1.54, 1.807) is 17.6 Å². The minimum atomic E-state index is -0.815. The highest BCUT2D eigenvalue weighted by atomic mass is 16.5. The molecule has 1 aromatic carbocycles. The Morgan fingerprint density at radius 3 is 2.53 bits per heavy atom. The van der Waals surface area contributed by atoms with E-state index in [1.165, 1.54) is 19.2 Å². The van der Waals surface area contributed by atoms with E-state index >= 15 is 0 Å². The molecule has 0 unspecified atom stereocenters. The third-order valence-electron chi connectivity index (χ3n) is 4.98. The van der Waals surface area contributed by atoms with E-state index in [9.17, 15) is 19.2 Å². The van der Waals surface area contributed by atoms with Crippen molar-refractivity contribution in [1.29, 1.82) is 0 Å². The predicted octanol–water partition coefficient (Wildman–Crippen LogP) is 1.59. The molecule has 0 aliphatic carbocycles. The van der Waals surface area contributed by atoms with Gasteiger partial charge >= 0.3 is 11.9 Å². The van der Waals surface area contributed by atoms with Crippen LogP contribution in [0.2, 0.25) is 0 Å². The molecule has 1 aromatic heterocycles. The molecule has 1 heterocycles. The number of nitrogens with one attached hydrogen (secondary N) is 1. The van der Waals surface area contributed by atoms with Crippen LogP contribution in [0.5, 0.6) is 0 Å². The quantitative estimate of drug-likeness (QED) is 0.648. The van der Waals surface area contributed by atoms with Crippen LogP contribution in [-0.2, 0) is 25.6 Å². The molecule has 1 N–H and O–H groups in total. The average Bonchev–Trinajstić information content (AvgIpc) is 2.75. The first-order valence-corrected chi connectivity index (χ1v) is 9.78. The molecule has 0 spiro atoms. The van der Waals surface area contributed by atoms with E-state index < -0.39 is 30.5 Å². The topological polar surface area (TPSA) is 117 Å². The summed E-state index contributed by atoms with van der Waals surface area (Å²) < 4.78 is 11.4. The van der Waals surface area contributed by atoms with Gasteiger partial charge in [0.15, 0.2) is 6.61 Å². The molecule has 1 amide bonds. The van der Waals surface area contributed by atoms with Crippen LogP contribution in [0.4, 0.5) is 0 Å². The number of fused-ring (bicyclic) bond motifs is 1. The van der Waals surface area contributed by atoms with Crippen molar-refractivity contribution in [3.63, 3.8) is 0 Å². The number of carbonyl (C=O) groups excluding carboxylic acids is 3. The molecule has 0 aliphatic heterocycles. The summed E-state index contributed by atoms with van der Waals surface area (Å²) in [6.07, 6.45) is 0.659. The fraction of sp³-hybridized carbons (Fsp3) is 0.476. The summed E-state index contributed by atoms with van der Waals surface area (Å²) >= 11 is 0. The van der Waals surface area contributed by atoms with Crippen LogP contribution < -0.4 is 10.9 Å². The number of esters is 2. The van der Waals surface area contributed by atoms with E-state index in [-0.39, 0.29) is 17.0 Å². The number of rotatable bonds is 8. The largest absolute Gasteiger partial charge is 0.467 e. The Morgan fingerprint density at radius 2 is 1.93 bits per heavy atom. The van der Waals surface area contributed by atoms with Crippen LogP contribution in [-0.4, -0.2) is 47.2 Å². The number of aryl methyl sites for hydroxylation is 2. The van der Waals surface area contributed by atoms with E-state index in [1.807, 2.05) is 20.8 Å². The average molecular weight is 417 g/mol. The Bertz CT molecular complexity index is 1010. The summed E-state index contributed by atoms with van der Waals surface area (Å²) in [5.74, 6) is -2.00. The molecule has 0 radical (unpaired) electrons. The molecule has 162 valence electrons. The van der Waals surface area contributed by atoms with E-state index in [4.69, 9.17) is 9.47 Å². The Kier molecular flexibility index (Phi) is 7.68. The lowest BCUT2D eigenvalue weighted by atomic mass is 9.99. The standard InChI is InChI=1S/C21H27N3O6/c1-6-12(3)18(21(28)29-5)23-17(25)11-30-20(27)14-8-9-16-15(10-14)22-13(4)19(26)24(16)7-2/h8-10,12,18H,6-7,11H2,1-5H3,(H,23,25)/t12-,18+/m1/s1. The van der Waals surface area contributed by atoms with E-state index in [0.29, 0.717) is 29.7 Å². The zero-order chi connectivity index (χ0) is 22.4. The lowest BCUT2D eigenvalue weighted by molar-refractivity contribution is -0.147. The summed E-state index contributed by atoms with van der Waals surface area (Å²) in [5.41, 5.74) is 1.44. The number of amides is 1. The first-order chi connectivity index (χ1) is 14.2. The van der Waals surface area contributed by atoms with Gasteiger partial charge in [-0.25, -0.2) is 14.6 Å². The van der Waals surface area contributed by atoms with Crippen molar-refractivity contribution in [3.05, 3.63) is 39.8 Å². The van der Waals surface area contributed by atoms with Gasteiger partial charge in [0.1, 0.15) is 11.7 Å². The minimum absolute atomic E-state index is 0.136. The van der Waals surface area contributed by atoms with E-state index in [0.717, 1.165) is 0 Å². The van der Waals surface area contributed by atoms with Gasteiger partial charge in [0, 0.05) is 6.54 Å². The monoisotopic (exact) mass is 417 g/mol. The highest BCUT2D eigenvalue weighted by molar-refractivity contribution is 5.95. The second kappa shape index (κ2) is 10.00. The Labute approximate surface area is 174 Å². The van der Waals surface area contributed by atoms with Gasteiger partial charge in [-0.05, 0) is 38.0 Å². The van der Waals surface area contributed by atoms with Gasteiger partial charge in [0.25, 0.3) is 11.5 Å². The molecule has 2 rings (SSSR count). The zero-order valence-corrected chi connectivity index (χ0v) is 17.9. The Hall–Kier alpha value is -3.23. The van der Waals surface area contributed by atoms with Crippen molar-refractivity contribution in [3.8, 4) is 0 Å². The Morgan fingerprint density at radius 1 is 1.23 bits per heavy atom. The zero-order valence-electron chi connectivity index (χ0n) is 17.9. The van der Waals surface area contributed by atoms with Crippen molar-refractivity contribution in [1.82, 2.24) is 14.9 Å². The number of methoxy groups -OCH3 is 1. The van der Waals surface area contributed by atoms with Gasteiger partial charge in [-0.1, -0.05) is 20.3 Å². The number of aromatic nitrogens is 2. The summed E-state index contributed by atoms with van der Waals surface area (Å²) in [6.45, 7) is 7.09. The van der Waals surface area contributed by atoms with Gasteiger partial charge in [0.05, 0.1) is 23.7 Å². The van der Waals surface area contributed by atoms with Gasteiger partial charge in [-0.15, -0.1) is 0 Å². The van der Waals surface area contributed by atoms with Gasteiger partial charge in [-0.3, -0.25) is 9.59 Å². The summed E-state index contributed by atoms with van der Waals surface area (Å²) in [6, 6.07) is 3.84. The number of benzene rings is 1. The molecule has 0 saturated carbocycles. The van der Waals surface area contributed by atoms with Crippen molar-refractivity contribution < 1.29 is 23.9 Å². The van der Waals surface area contributed by atoms with Crippen LogP contribution in [0.3, 0.4) is 0 Å². The second-order valence-corrected chi connectivity index (χ2v) is 6.98. The van der Waals surface area contributed by atoms with Crippen LogP contribution in [0.1, 0.15) is 43.2 Å². The summed E-state index contributed by atoms with van der Waals surface area (Å²) in [4.78, 5) is 52.8. The molecular weight excluding hydrogens is 390 g/mol. The van der Waals surface area contributed by atoms with Crippen LogP contribution in [0, 0.1) is 12.8 Å². The van der Waals surface area contributed by atoms with Gasteiger partial charge in [0.2, 0.25) is 0 Å². The highest BCUT2D eigenvalue weighted by Crippen LogP contribution is 2.14. The minimum Gasteiger partial charge on any atom is -0.467 e. The normalized spacial score (nSPS) is 12.8. The number of nitrogens with zero attached hydrogens (tertiary/aromatic N) is 2. The maximum atomic E-state index is 12.4. The SMILES string of the molecule is CC[C@@H](C)[C@H](NC(=O)COC(=O)c1ccc2c(c1)nc(C)c(=O)n2CC)C(=O)OC. The molecule has 9 nitrogen and oxygen atoms in total. The molecule has 9 heteroatoms. The second-order valence-electron chi connectivity index (χ2n) is 6.98. The molecule has 30 heavy (non-hydrogen) atoms. The molecule has 0 fully saturated rings. The third kappa shape index (κ3) is 5.03. The lowest BCUT2D eigenvalue weighted by Crippen LogP contribution is -2.47. The van der Waals surface area contributed by atoms with Crippen LogP contribution in [0.15, 0.2) is 23.0 Å².